The smallest absolute Gasteiger partial charge is 0.218 e. The predicted molar refractivity (Wildman–Crippen MR) is 59.0 cm³/mol. The first-order valence-electron chi connectivity index (χ1n) is 5.29. The highest BCUT2D eigenvalue weighted by atomic mass is 32.2. The molecule has 1 aliphatic heterocycles. The zero-order valence-electron chi connectivity index (χ0n) is 9.35. The Bertz CT molecular complexity index is 292. The lowest BCUT2D eigenvalue weighted by Crippen LogP contribution is -2.43. The molecular formula is C9H20N2O3S. The van der Waals surface area contributed by atoms with Gasteiger partial charge in [-0.15, -0.1) is 0 Å². The maximum absolute atomic E-state index is 12.0. The first-order valence-corrected chi connectivity index (χ1v) is 6.79. The van der Waals surface area contributed by atoms with Crippen LogP contribution in [0.5, 0.6) is 0 Å². The van der Waals surface area contributed by atoms with Gasteiger partial charge in [0.1, 0.15) is 0 Å². The van der Waals surface area contributed by atoms with E-state index in [9.17, 15) is 8.42 Å². The van der Waals surface area contributed by atoms with E-state index in [2.05, 4.69) is 0 Å². The Morgan fingerprint density at radius 3 is 2.87 bits per heavy atom. The van der Waals surface area contributed by atoms with Gasteiger partial charge in [0.25, 0.3) is 0 Å². The molecule has 2 unspecified atom stereocenters. The summed E-state index contributed by atoms with van der Waals surface area (Å²) in [5.74, 6) is 0. The highest BCUT2D eigenvalue weighted by Crippen LogP contribution is 2.13. The molecule has 1 rings (SSSR count). The Hall–Kier alpha value is -0.170. The van der Waals surface area contributed by atoms with Gasteiger partial charge in [0.05, 0.1) is 11.4 Å². The highest BCUT2D eigenvalue weighted by Gasteiger charge is 2.30. The number of hydrogen-bond donors (Lipinski definition) is 1. The standard InChI is InChI=1S/C9H20N2O3S/c1-8-7-11(4-3-5-14-8)15(12,13)9(2)6-10/h8-9H,3-7,10H2,1-2H3. The third-order valence-electron chi connectivity index (χ3n) is 2.62. The van der Waals surface area contributed by atoms with Crippen LogP contribution in [-0.4, -0.2) is 50.3 Å². The number of hydrogen-bond acceptors (Lipinski definition) is 4. The first kappa shape index (κ1) is 12.9. The lowest BCUT2D eigenvalue weighted by Gasteiger charge is -2.24. The summed E-state index contributed by atoms with van der Waals surface area (Å²) < 4.78 is 30.9. The van der Waals surface area contributed by atoms with Gasteiger partial charge in [0, 0.05) is 26.2 Å². The fraction of sp³-hybridized carbons (Fsp3) is 1.00. The Labute approximate surface area is 91.6 Å². The molecule has 0 aliphatic carbocycles. The van der Waals surface area contributed by atoms with Crippen molar-refractivity contribution in [2.45, 2.75) is 31.6 Å². The van der Waals surface area contributed by atoms with E-state index in [1.165, 1.54) is 4.31 Å². The van der Waals surface area contributed by atoms with Crippen molar-refractivity contribution in [2.24, 2.45) is 5.73 Å². The molecular weight excluding hydrogens is 216 g/mol. The largest absolute Gasteiger partial charge is 0.377 e. The summed E-state index contributed by atoms with van der Waals surface area (Å²) in [5.41, 5.74) is 5.40. The van der Waals surface area contributed by atoms with Crippen molar-refractivity contribution in [2.75, 3.05) is 26.2 Å². The Morgan fingerprint density at radius 2 is 2.27 bits per heavy atom. The second-order valence-electron chi connectivity index (χ2n) is 3.98. The van der Waals surface area contributed by atoms with E-state index in [-0.39, 0.29) is 12.6 Å². The van der Waals surface area contributed by atoms with E-state index in [4.69, 9.17) is 10.5 Å². The van der Waals surface area contributed by atoms with Gasteiger partial charge in [-0.05, 0) is 20.3 Å². The summed E-state index contributed by atoms with van der Waals surface area (Å²) in [4.78, 5) is 0. The Balaban J connectivity index is 2.76. The summed E-state index contributed by atoms with van der Waals surface area (Å²) >= 11 is 0. The average molecular weight is 236 g/mol. The average Bonchev–Trinajstić information content (AvgIpc) is 2.41. The van der Waals surface area contributed by atoms with Crippen molar-refractivity contribution in [1.82, 2.24) is 4.31 Å². The van der Waals surface area contributed by atoms with Crippen LogP contribution in [0.1, 0.15) is 20.3 Å². The molecule has 1 saturated heterocycles. The van der Waals surface area contributed by atoms with E-state index in [1.54, 1.807) is 6.92 Å². The van der Waals surface area contributed by atoms with E-state index >= 15 is 0 Å². The van der Waals surface area contributed by atoms with E-state index in [0.717, 1.165) is 6.42 Å². The normalized spacial score (nSPS) is 27.3. The molecule has 0 bridgehead atoms. The monoisotopic (exact) mass is 236 g/mol. The molecule has 90 valence electrons. The van der Waals surface area contributed by atoms with E-state index in [0.29, 0.717) is 19.7 Å². The molecule has 2 atom stereocenters. The molecule has 0 aromatic rings. The minimum Gasteiger partial charge on any atom is -0.377 e. The molecule has 1 aliphatic rings. The van der Waals surface area contributed by atoms with Crippen molar-refractivity contribution in [3.63, 3.8) is 0 Å². The maximum atomic E-state index is 12.0. The van der Waals surface area contributed by atoms with Gasteiger partial charge in [-0.2, -0.15) is 4.31 Å². The second kappa shape index (κ2) is 5.25. The van der Waals surface area contributed by atoms with Crippen LogP contribution >= 0.6 is 0 Å². The third-order valence-corrected chi connectivity index (χ3v) is 4.88. The van der Waals surface area contributed by atoms with Gasteiger partial charge < -0.3 is 10.5 Å². The molecule has 6 heteroatoms. The molecule has 0 radical (unpaired) electrons. The number of nitrogens with two attached hydrogens (primary N) is 1. The van der Waals surface area contributed by atoms with Crippen LogP contribution in [0.15, 0.2) is 0 Å². The Kier molecular flexibility index (Phi) is 4.51. The van der Waals surface area contributed by atoms with Crippen LogP contribution < -0.4 is 5.73 Å². The summed E-state index contributed by atoms with van der Waals surface area (Å²) in [6.45, 7) is 5.30. The van der Waals surface area contributed by atoms with Gasteiger partial charge in [-0.25, -0.2) is 8.42 Å². The zero-order chi connectivity index (χ0) is 11.5. The van der Waals surface area contributed by atoms with Crippen molar-refractivity contribution in [3.05, 3.63) is 0 Å². The summed E-state index contributed by atoms with van der Waals surface area (Å²) in [7, 11) is -3.24. The third kappa shape index (κ3) is 3.14. The molecule has 0 spiro atoms. The number of sulfonamides is 1. The van der Waals surface area contributed by atoms with Crippen molar-refractivity contribution in [1.29, 1.82) is 0 Å². The lowest BCUT2D eigenvalue weighted by atomic mass is 10.4. The highest BCUT2D eigenvalue weighted by molar-refractivity contribution is 7.89. The van der Waals surface area contributed by atoms with Gasteiger partial charge in [-0.1, -0.05) is 0 Å². The number of ether oxygens (including phenoxy) is 1. The van der Waals surface area contributed by atoms with Crippen LogP contribution in [0.4, 0.5) is 0 Å². The van der Waals surface area contributed by atoms with Gasteiger partial charge >= 0.3 is 0 Å². The van der Waals surface area contributed by atoms with Crippen LogP contribution in [0.3, 0.4) is 0 Å². The molecule has 15 heavy (non-hydrogen) atoms. The Morgan fingerprint density at radius 1 is 1.60 bits per heavy atom. The van der Waals surface area contributed by atoms with Gasteiger partial charge in [0.2, 0.25) is 10.0 Å². The minimum absolute atomic E-state index is 0.0350. The summed E-state index contributed by atoms with van der Waals surface area (Å²) in [5, 5.41) is -0.511. The first-order chi connectivity index (χ1) is 6.98. The van der Waals surface area contributed by atoms with Crippen LogP contribution in [0, 0.1) is 0 Å². The van der Waals surface area contributed by atoms with Crippen LogP contribution in [-0.2, 0) is 14.8 Å². The summed E-state index contributed by atoms with van der Waals surface area (Å²) in [6.07, 6.45) is 0.716. The van der Waals surface area contributed by atoms with Gasteiger partial charge in [-0.3, -0.25) is 0 Å². The maximum Gasteiger partial charge on any atom is 0.218 e. The lowest BCUT2D eigenvalue weighted by molar-refractivity contribution is 0.0751. The zero-order valence-corrected chi connectivity index (χ0v) is 10.2. The molecule has 0 aromatic heterocycles. The SMILES string of the molecule is CC1CN(S(=O)(=O)C(C)CN)CCCO1. The summed E-state index contributed by atoms with van der Waals surface area (Å²) in [6, 6.07) is 0. The van der Waals surface area contributed by atoms with E-state index < -0.39 is 15.3 Å². The fourth-order valence-corrected chi connectivity index (χ4v) is 3.12. The topological polar surface area (TPSA) is 72.6 Å². The molecule has 1 heterocycles. The van der Waals surface area contributed by atoms with Crippen LogP contribution in [0.2, 0.25) is 0 Å². The van der Waals surface area contributed by atoms with Crippen molar-refractivity contribution in [3.8, 4) is 0 Å². The number of nitrogens with zero attached hydrogens (tertiary/aromatic N) is 1. The van der Waals surface area contributed by atoms with E-state index in [1.807, 2.05) is 6.92 Å². The molecule has 0 saturated carbocycles. The molecule has 2 N–H and O–H groups in total. The molecule has 5 nitrogen and oxygen atoms in total. The quantitative estimate of drug-likeness (QED) is 0.735. The molecule has 1 fully saturated rings. The fourth-order valence-electron chi connectivity index (χ4n) is 1.56. The number of rotatable bonds is 3. The predicted octanol–water partition coefficient (Wildman–Crippen LogP) is -0.226. The minimum atomic E-state index is -3.24. The van der Waals surface area contributed by atoms with Crippen LogP contribution in [0.25, 0.3) is 0 Å². The van der Waals surface area contributed by atoms with Crippen molar-refractivity contribution >= 4 is 10.0 Å². The second-order valence-corrected chi connectivity index (χ2v) is 6.34. The van der Waals surface area contributed by atoms with Gasteiger partial charge in [0.15, 0.2) is 0 Å². The molecule has 0 aromatic carbocycles. The molecule has 0 amide bonds. The van der Waals surface area contributed by atoms with Crippen molar-refractivity contribution < 1.29 is 13.2 Å².